The minimum Gasteiger partial charge on any atom is -0.300 e. The van der Waals surface area contributed by atoms with Crippen LogP contribution in [0.4, 0.5) is 0 Å². The predicted molar refractivity (Wildman–Crippen MR) is 61.3 cm³/mol. The number of hydrogen-bond donors (Lipinski definition) is 0. The molecule has 0 saturated heterocycles. The molecule has 0 bridgehead atoms. The maximum atomic E-state index is 11.5. The van der Waals surface area contributed by atoms with Gasteiger partial charge in [0.15, 0.2) is 14.9 Å². The van der Waals surface area contributed by atoms with E-state index in [2.05, 4.69) is 10.00 Å². The van der Waals surface area contributed by atoms with Crippen molar-refractivity contribution in [1.82, 2.24) is 14.7 Å². The van der Waals surface area contributed by atoms with E-state index < -0.39 is 9.84 Å². The summed E-state index contributed by atoms with van der Waals surface area (Å²) in [4.78, 5) is 2.11. The van der Waals surface area contributed by atoms with Gasteiger partial charge in [0.2, 0.25) is 0 Å². The molecule has 0 aromatic carbocycles. The fraction of sp³-hybridized carbons (Fsp3) is 0.667. The molecular formula is C9H14ClN3O2S. The maximum Gasteiger partial charge on any atom is 0.196 e. The lowest BCUT2D eigenvalue weighted by Gasteiger charge is -2.11. The molecule has 1 aromatic rings. The summed E-state index contributed by atoms with van der Waals surface area (Å²) in [5, 5.41) is 4.36. The molecule has 7 heteroatoms. The van der Waals surface area contributed by atoms with E-state index in [0.717, 1.165) is 31.5 Å². The van der Waals surface area contributed by atoms with Crippen molar-refractivity contribution in [3.05, 3.63) is 10.7 Å². The van der Waals surface area contributed by atoms with Gasteiger partial charge in [-0.25, -0.2) is 8.42 Å². The average molecular weight is 264 g/mol. The number of hydrogen-bond acceptors (Lipinski definition) is 4. The van der Waals surface area contributed by atoms with Gasteiger partial charge in [0, 0.05) is 25.9 Å². The molecule has 2 heterocycles. The van der Waals surface area contributed by atoms with Crippen LogP contribution in [0.1, 0.15) is 12.1 Å². The molecule has 0 unspecified atom stereocenters. The molecule has 1 aliphatic rings. The Kier molecular flexibility index (Phi) is 2.98. The van der Waals surface area contributed by atoms with Gasteiger partial charge in [-0.15, -0.1) is 0 Å². The summed E-state index contributed by atoms with van der Waals surface area (Å²) in [5.74, 6) is 0. The third-order valence-corrected chi connectivity index (χ3v) is 4.14. The molecule has 0 amide bonds. The van der Waals surface area contributed by atoms with Crippen molar-refractivity contribution in [3.63, 3.8) is 0 Å². The summed E-state index contributed by atoms with van der Waals surface area (Å²) in [5.41, 5.74) is 0.794. The van der Waals surface area contributed by atoms with Gasteiger partial charge in [0.1, 0.15) is 5.02 Å². The number of sulfone groups is 1. The third-order valence-electron chi connectivity index (χ3n) is 2.64. The molecule has 1 aromatic heterocycles. The minimum atomic E-state index is -3.34. The summed E-state index contributed by atoms with van der Waals surface area (Å²) < 4.78 is 24.6. The standard InChI is InChI=1S/C9H14ClN3O2S/c1-12-4-3-5-13-7(6-12)8(10)9(11-13)16(2,14)15/h3-6H2,1-2H3. The molecule has 1 aliphatic heterocycles. The zero-order valence-electron chi connectivity index (χ0n) is 9.27. The number of rotatable bonds is 1. The monoisotopic (exact) mass is 263 g/mol. The highest BCUT2D eigenvalue weighted by atomic mass is 35.5. The number of aryl methyl sites for hydroxylation is 1. The van der Waals surface area contributed by atoms with Crippen LogP contribution in [0.25, 0.3) is 0 Å². The average Bonchev–Trinajstić information content (AvgIpc) is 2.38. The van der Waals surface area contributed by atoms with Gasteiger partial charge in [-0.05, 0) is 13.5 Å². The molecule has 16 heavy (non-hydrogen) atoms. The Morgan fingerprint density at radius 2 is 2.06 bits per heavy atom. The fourth-order valence-electron chi connectivity index (χ4n) is 1.85. The van der Waals surface area contributed by atoms with Crippen LogP contribution in [0.3, 0.4) is 0 Å². The number of halogens is 1. The summed E-state index contributed by atoms with van der Waals surface area (Å²) in [6.07, 6.45) is 2.08. The van der Waals surface area contributed by atoms with Gasteiger partial charge in [0.05, 0.1) is 5.69 Å². The molecule has 0 spiro atoms. The SMILES string of the molecule is CN1CCCn2nc(S(C)(=O)=O)c(Cl)c2C1. The lowest BCUT2D eigenvalue weighted by atomic mass is 10.4. The summed E-state index contributed by atoms with van der Waals surface area (Å²) >= 11 is 6.08. The molecule has 5 nitrogen and oxygen atoms in total. The third kappa shape index (κ3) is 2.09. The summed E-state index contributed by atoms with van der Waals surface area (Å²) in [7, 11) is -1.35. The highest BCUT2D eigenvalue weighted by Gasteiger charge is 2.25. The zero-order valence-corrected chi connectivity index (χ0v) is 10.8. The molecule has 0 aliphatic carbocycles. The van der Waals surface area contributed by atoms with Gasteiger partial charge >= 0.3 is 0 Å². The first kappa shape index (κ1) is 11.9. The van der Waals surface area contributed by atoms with Crippen LogP contribution in [0.5, 0.6) is 0 Å². The van der Waals surface area contributed by atoms with E-state index in [1.807, 2.05) is 7.05 Å². The Morgan fingerprint density at radius 1 is 1.38 bits per heavy atom. The molecule has 90 valence electrons. The molecule has 0 radical (unpaired) electrons. The second kappa shape index (κ2) is 4.01. The van der Waals surface area contributed by atoms with E-state index in [4.69, 9.17) is 11.6 Å². The summed E-state index contributed by atoms with van der Waals surface area (Å²) in [6.45, 7) is 2.32. The molecule has 2 rings (SSSR count). The zero-order chi connectivity index (χ0) is 11.9. The van der Waals surface area contributed by atoms with Crippen LogP contribution in [-0.4, -0.2) is 42.9 Å². The van der Waals surface area contributed by atoms with Crippen molar-refractivity contribution in [2.75, 3.05) is 19.8 Å². The van der Waals surface area contributed by atoms with Crippen LogP contribution >= 0.6 is 11.6 Å². The second-order valence-corrected chi connectivity index (χ2v) is 6.46. The molecule has 0 atom stereocenters. The quantitative estimate of drug-likeness (QED) is 0.751. The van der Waals surface area contributed by atoms with Crippen molar-refractivity contribution in [3.8, 4) is 0 Å². The maximum absolute atomic E-state index is 11.5. The van der Waals surface area contributed by atoms with Crippen LogP contribution in [0.2, 0.25) is 5.02 Å². The van der Waals surface area contributed by atoms with Crippen molar-refractivity contribution in [1.29, 1.82) is 0 Å². The van der Waals surface area contributed by atoms with Gasteiger partial charge in [0.25, 0.3) is 0 Å². The first-order chi connectivity index (χ1) is 7.39. The smallest absolute Gasteiger partial charge is 0.196 e. The summed E-state index contributed by atoms with van der Waals surface area (Å²) in [6, 6.07) is 0. The van der Waals surface area contributed by atoms with Gasteiger partial charge in [-0.1, -0.05) is 11.6 Å². The van der Waals surface area contributed by atoms with Crippen molar-refractivity contribution < 1.29 is 8.42 Å². The molecule has 0 N–H and O–H groups in total. The second-order valence-electron chi connectivity index (χ2n) is 4.15. The number of fused-ring (bicyclic) bond motifs is 1. The van der Waals surface area contributed by atoms with E-state index in [1.54, 1.807) is 4.68 Å². The van der Waals surface area contributed by atoms with E-state index in [1.165, 1.54) is 0 Å². The van der Waals surface area contributed by atoms with E-state index in [-0.39, 0.29) is 10.0 Å². The Morgan fingerprint density at radius 3 is 2.69 bits per heavy atom. The minimum absolute atomic E-state index is 0.000494. The fourth-order valence-corrected chi connectivity index (χ4v) is 3.15. The lowest BCUT2D eigenvalue weighted by Crippen LogP contribution is -2.17. The highest BCUT2D eigenvalue weighted by molar-refractivity contribution is 7.90. The topological polar surface area (TPSA) is 55.2 Å². The van der Waals surface area contributed by atoms with Gasteiger partial charge in [-0.3, -0.25) is 4.68 Å². The Hall–Kier alpha value is -0.590. The van der Waals surface area contributed by atoms with Crippen LogP contribution in [0.15, 0.2) is 5.03 Å². The van der Waals surface area contributed by atoms with Gasteiger partial charge < -0.3 is 4.90 Å². The van der Waals surface area contributed by atoms with E-state index in [0.29, 0.717) is 6.54 Å². The van der Waals surface area contributed by atoms with Gasteiger partial charge in [-0.2, -0.15) is 5.10 Å². The number of aromatic nitrogens is 2. The Labute approximate surface area is 99.9 Å². The normalized spacial score (nSPS) is 18.2. The van der Waals surface area contributed by atoms with Crippen LogP contribution in [0, 0.1) is 0 Å². The molecular weight excluding hydrogens is 250 g/mol. The van der Waals surface area contributed by atoms with Crippen LogP contribution in [-0.2, 0) is 22.9 Å². The van der Waals surface area contributed by atoms with Crippen molar-refractivity contribution >= 4 is 21.4 Å². The first-order valence-electron chi connectivity index (χ1n) is 5.03. The molecule has 0 saturated carbocycles. The molecule has 0 fully saturated rings. The van der Waals surface area contributed by atoms with Crippen molar-refractivity contribution in [2.24, 2.45) is 0 Å². The van der Waals surface area contributed by atoms with Crippen LogP contribution < -0.4 is 0 Å². The van der Waals surface area contributed by atoms with E-state index in [9.17, 15) is 8.42 Å². The number of nitrogens with zero attached hydrogens (tertiary/aromatic N) is 3. The van der Waals surface area contributed by atoms with E-state index >= 15 is 0 Å². The first-order valence-corrected chi connectivity index (χ1v) is 7.30. The Balaban J connectivity index is 2.53. The highest BCUT2D eigenvalue weighted by Crippen LogP contribution is 2.27. The Bertz CT molecular complexity index is 509. The van der Waals surface area contributed by atoms with Crippen molar-refractivity contribution in [2.45, 2.75) is 24.5 Å². The largest absolute Gasteiger partial charge is 0.300 e. The lowest BCUT2D eigenvalue weighted by molar-refractivity contribution is 0.332. The predicted octanol–water partition coefficient (Wildman–Crippen LogP) is 0.776.